The van der Waals surface area contributed by atoms with Gasteiger partial charge in [0, 0.05) is 30.2 Å². The van der Waals surface area contributed by atoms with Gasteiger partial charge in [0.1, 0.15) is 0 Å². The van der Waals surface area contributed by atoms with Crippen LogP contribution in [0.15, 0.2) is 28.7 Å². The number of benzene rings is 1. The third-order valence-electron chi connectivity index (χ3n) is 3.82. The molecule has 0 radical (unpaired) electrons. The molecular weight excluding hydrogens is 304 g/mol. The average Bonchev–Trinajstić information content (AvgIpc) is 2.80. The van der Waals surface area contributed by atoms with Crippen LogP contribution in [0.3, 0.4) is 0 Å². The molecule has 3 atom stereocenters. The average molecular weight is 327 g/mol. The van der Waals surface area contributed by atoms with E-state index in [-0.39, 0.29) is 6.04 Å². The fourth-order valence-electron chi connectivity index (χ4n) is 2.99. The van der Waals surface area contributed by atoms with Crippen molar-refractivity contribution in [2.75, 3.05) is 26.8 Å². The van der Waals surface area contributed by atoms with Gasteiger partial charge in [-0.25, -0.2) is 0 Å². The SMILES string of the molecule is COCC1CCN(C(c2ccc(Br)cc2)C(C)N)C1. The van der Waals surface area contributed by atoms with E-state index < -0.39 is 0 Å². The zero-order chi connectivity index (χ0) is 13.8. The summed E-state index contributed by atoms with van der Waals surface area (Å²) in [5.74, 6) is 0.640. The highest BCUT2D eigenvalue weighted by atomic mass is 79.9. The Bertz CT molecular complexity index is 394. The van der Waals surface area contributed by atoms with Gasteiger partial charge >= 0.3 is 0 Å². The van der Waals surface area contributed by atoms with Crippen LogP contribution < -0.4 is 5.73 Å². The molecule has 0 aromatic heterocycles. The minimum atomic E-state index is 0.127. The summed E-state index contributed by atoms with van der Waals surface area (Å²) >= 11 is 3.48. The first kappa shape index (κ1) is 15.0. The molecule has 2 rings (SSSR count). The smallest absolute Gasteiger partial charge is 0.0503 e. The van der Waals surface area contributed by atoms with Crippen LogP contribution in [0.5, 0.6) is 0 Å². The lowest BCUT2D eigenvalue weighted by atomic mass is 9.99. The summed E-state index contributed by atoms with van der Waals surface area (Å²) in [5.41, 5.74) is 7.52. The van der Waals surface area contributed by atoms with Crippen molar-refractivity contribution < 1.29 is 4.74 Å². The highest BCUT2D eigenvalue weighted by Gasteiger charge is 2.31. The number of nitrogens with two attached hydrogens (primary N) is 1. The monoisotopic (exact) mass is 326 g/mol. The van der Waals surface area contributed by atoms with Crippen LogP contribution in [0.1, 0.15) is 24.9 Å². The van der Waals surface area contributed by atoms with Gasteiger partial charge in [0.15, 0.2) is 0 Å². The van der Waals surface area contributed by atoms with Crippen molar-refractivity contribution >= 4 is 15.9 Å². The van der Waals surface area contributed by atoms with Crippen LogP contribution in [-0.2, 0) is 4.74 Å². The number of likely N-dealkylation sites (tertiary alicyclic amines) is 1. The lowest BCUT2D eigenvalue weighted by Crippen LogP contribution is -2.38. The van der Waals surface area contributed by atoms with Gasteiger partial charge in [0.25, 0.3) is 0 Å². The summed E-state index contributed by atoms with van der Waals surface area (Å²) in [4.78, 5) is 2.50. The third kappa shape index (κ3) is 3.78. The number of hydrogen-bond acceptors (Lipinski definition) is 3. The molecular formula is C15H23BrN2O. The summed E-state index contributed by atoms with van der Waals surface area (Å²) in [6, 6.07) is 8.95. The van der Waals surface area contributed by atoms with Gasteiger partial charge < -0.3 is 10.5 Å². The van der Waals surface area contributed by atoms with Crippen LogP contribution >= 0.6 is 15.9 Å². The van der Waals surface area contributed by atoms with Gasteiger partial charge in [0.2, 0.25) is 0 Å². The molecule has 4 heteroatoms. The summed E-state index contributed by atoms with van der Waals surface area (Å²) in [6.07, 6.45) is 1.20. The number of hydrogen-bond donors (Lipinski definition) is 1. The van der Waals surface area contributed by atoms with E-state index in [1.54, 1.807) is 7.11 Å². The normalized spacial score (nSPS) is 23.5. The first-order valence-corrected chi connectivity index (χ1v) is 7.65. The van der Waals surface area contributed by atoms with Crippen molar-refractivity contribution in [1.29, 1.82) is 0 Å². The quantitative estimate of drug-likeness (QED) is 0.904. The molecule has 3 unspecified atom stereocenters. The van der Waals surface area contributed by atoms with E-state index in [4.69, 9.17) is 10.5 Å². The predicted octanol–water partition coefficient (Wildman–Crippen LogP) is 2.81. The lowest BCUT2D eigenvalue weighted by Gasteiger charge is -2.31. The Labute approximate surface area is 124 Å². The summed E-state index contributed by atoms with van der Waals surface area (Å²) in [7, 11) is 1.78. The maximum atomic E-state index is 6.22. The van der Waals surface area contributed by atoms with Crippen molar-refractivity contribution in [2.24, 2.45) is 11.7 Å². The van der Waals surface area contributed by atoms with E-state index in [1.165, 1.54) is 12.0 Å². The molecule has 2 N–H and O–H groups in total. The fraction of sp³-hybridized carbons (Fsp3) is 0.600. The van der Waals surface area contributed by atoms with Gasteiger partial charge in [0.05, 0.1) is 6.61 Å². The molecule has 3 nitrogen and oxygen atoms in total. The van der Waals surface area contributed by atoms with E-state index in [0.717, 1.165) is 24.2 Å². The van der Waals surface area contributed by atoms with Gasteiger partial charge in [-0.1, -0.05) is 28.1 Å². The van der Waals surface area contributed by atoms with Gasteiger partial charge in [-0.05, 0) is 43.5 Å². The molecule has 0 spiro atoms. The van der Waals surface area contributed by atoms with Crippen LogP contribution in [0.4, 0.5) is 0 Å². The highest BCUT2D eigenvalue weighted by molar-refractivity contribution is 9.10. The predicted molar refractivity (Wildman–Crippen MR) is 82.1 cm³/mol. The van der Waals surface area contributed by atoms with E-state index in [2.05, 4.69) is 52.0 Å². The second kappa shape index (κ2) is 6.84. The second-order valence-corrected chi connectivity index (χ2v) is 6.38. The zero-order valence-corrected chi connectivity index (χ0v) is 13.3. The second-order valence-electron chi connectivity index (χ2n) is 5.46. The first-order valence-electron chi connectivity index (χ1n) is 6.86. The molecule has 0 amide bonds. The van der Waals surface area contributed by atoms with Crippen molar-refractivity contribution in [3.63, 3.8) is 0 Å². The van der Waals surface area contributed by atoms with Crippen molar-refractivity contribution in [1.82, 2.24) is 4.90 Å². The summed E-state index contributed by atoms with van der Waals surface area (Å²) < 4.78 is 6.38. The van der Waals surface area contributed by atoms with E-state index in [9.17, 15) is 0 Å². The summed E-state index contributed by atoms with van der Waals surface area (Å²) in [6.45, 7) is 5.13. The molecule has 1 aliphatic rings. The van der Waals surface area contributed by atoms with Crippen molar-refractivity contribution in [2.45, 2.75) is 25.4 Å². The number of methoxy groups -OCH3 is 1. The minimum Gasteiger partial charge on any atom is -0.384 e. The van der Waals surface area contributed by atoms with Crippen LogP contribution in [0.2, 0.25) is 0 Å². The Balaban J connectivity index is 2.11. The Morgan fingerprint density at radius 2 is 2.11 bits per heavy atom. The Hall–Kier alpha value is -0.420. The Kier molecular flexibility index (Phi) is 5.39. The molecule has 0 saturated carbocycles. The molecule has 1 aromatic rings. The standard InChI is InChI=1S/C15H23BrN2O/c1-11(17)15(13-3-5-14(16)6-4-13)18-8-7-12(9-18)10-19-2/h3-6,11-12,15H,7-10,17H2,1-2H3. The highest BCUT2D eigenvalue weighted by Crippen LogP contribution is 2.30. The van der Waals surface area contributed by atoms with Crippen LogP contribution in [-0.4, -0.2) is 37.7 Å². The molecule has 1 saturated heterocycles. The van der Waals surface area contributed by atoms with Gasteiger partial charge in [-0.15, -0.1) is 0 Å². The first-order chi connectivity index (χ1) is 9.11. The Morgan fingerprint density at radius 3 is 2.68 bits per heavy atom. The molecule has 1 fully saturated rings. The third-order valence-corrected chi connectivity index (χ3v) is 4.35. The van der Waals surface area contributed by atoms with E-state index >= 15 is 0 Å². The molecule has 0 aliphatic carbocycles. The number of halogens is 1. The lowest BCUT2D eigenvalue weighted by molar-refractivity contribution is 0.143. The number of rotatable bonds is 5. The molecule has 1 aromatic carbocycles. The molecule has 1 heterocycles. The fourth-order valence-corrected chi connectivity index (χ4v) is 3.26. The molecule has 106 valence electrons. The van der Waals surface area contributed by atoms with E-state index in [1.807, 2.05) is 0 Å². The van der Waals surface area contributed by atoms with Crippen molar-refractivity contribution in [3.05, 3.63) is 34.3 Å². The van der Waals surface area contributed by atoms with E-state index in [0.29, 0.717) is 12.0 Å². The summed E-state index contributed by atoms with van der Waals surface area (Å²) in [5, 5.41) is 0. The molecule has 1 aliphatic heterocycles. The molecule has 0 bridgehead atoms. The Morgan fingerprint density at radius 1 is 1.42 bits per heavy atom. The zero-order valence-electron chi connectivity index (χ0n) is 11.7. The maximum absolute atomic E-state index is 6.22. The maximum Gasteiger partial charge on any atom is 0.0503 e. The van der Waals surface area contributed by atoms with Crippen LogP contribution in [0.25, 0.3) is 0 Å². The van der Waals surface area contributed by atoms with Crippen molar-refractivity contribution in [3.8, 4) is 0 Å². The largest absolute Gasteiger partial charge is 0.384 e. The molecule has 19 heavy (non-hydrogen) atoms. The number of ether oxygens (including phenoxy) is 1. The topological polar surface area (TPSA) is 38.5 Å². The minimum absolute atomic E-state index is 0.127. The van der Waals surface area contributed by atoms with Gasteiger partial charge in [-0.2, -0.15) is 0 Å². The van der Waals surface area contributed by atoms with Gasteiger partial charge in [-0.3, -0.25) is 4.90 Å². The number of nitrogens with zero attached hydrogens (tertiary/aromatic N) is 1. The van der Waals surface area contributed by atoms with Crippen LogP contribution in [0, 0.1) is 5.92 Å².